The Bertz CT molecular complexity index is 1510. The second-order valence-corrected chi connectivity index (χ2v) is 12.9. The zero-order chi connectivity index (χ0) is 29.9. The van der Waals surface area contributed by atoms with E-state index in [0.29, 0.717) is 6.42 Å². The van der Waals surface area contributed by atoms with Crippen LogP contribution in [0.4, 0.5) is 0 Å². The van der Waals surface area contributed by atoms with E-state index in [2.05, 4.69) is 57.4 Å². The number of nitrogens with one attached hydrogen (secondary N) is 2. The number of carbonyl (C=O) groups excluding carboxylic acids is 2. The fraction of sp³-hybridized carbons (Fsp3) is 0.351. The first-order valence-electron chi connectivity index (χ1n) is 14.9. The molecule has 0 fully saturated rings. The molecule has 0 spiro atoms. The van der Waals surface area contributed by atoms with Crippen LogP contribution in [-0.2, 0) is 22.0 Å². The van der Waals surface area contributed by atoms with Gasteiger partial charge < -0.3 is 15.1 Å². The Balaban J connectivity index is 1.19. The van der Waals surface area contributed by atoms with Crippen LogP contribution in [0.2, 0.25) is 0 Å². The van der Waals surface area contributed by atoms with Gasteiger partial charge in [0.15, 0.2) is 5.76 Å². The molecule has 0 atom stereocenters. The van der Waals surface area contributed by atoms with Crippen LogP contribution in [0.15, 0.2) is 89.3 Å². The van der Waals surface area contributed by atoms with Gasteiger partial charge in [0.2, 0.25) is 5.91 Å². The van der Waals surface area contributed by atoms with Crippen LogP contribution < -0.4 is 10.6 Å². The van der Waals surface area contributed by atoms with Crippen LogP contribution in [-0.4, -0.2) is 18.4 Å². The van der Waals surface area contributed by atoms with Crippen molar-refractivity contribution in [3.8, 4) is 0 Å². The highest BCUT2D eigenvalue weighted by Crippen LogP contribution is 2.46. The maximum absolute atomic E-state index is 12.9. The number of aryl methyl sites for hydroxylation is 1. The third-order valence-corrected chi connectivity index (χ3v) is 8.77. The molecule has 1 heterocycles. The fourth-order valence-electron chi connectivity index (χ4n) is 6.00. The van der Waals surface area contributed by atoms with Crippen molar-refractivity contribution in [1.82, 2.24) is 10.6 Å². The average Bonchev–Trinajstić information content (AvgIpc) is 3.45. The Morgan fingerprint density at radius 1 is 0.810 bits per heavy atom. The lowest BCUT2D eigenvalue weighted by atomic mass is 9.62. The minimum atomic E-state index is -0.318. The number of hydrogen-bond donors (Lipinski definition) is 2. The standard InChI is InChI=1S/C37H42N2O3/c1-25-22-30-31(37(4,5)20-19-36(30,2)3)24-28(25)23-29-16-17-32(42-29)35(41)38-21-18-33(40)39-34(26-12-8-6-9-13-26)27-14-10-7-11-15-27/h6-17,22,24,34H,18-21,23H2,1-5H3,(H,38,41)(H,39,40). The smallest absolute Gasteiger partial charge is 0.287 e. The van der Waals surface area contributed by atoms with Gasteiger partial charge in [-0.3, -0.25) is 9.59 Å². The lowest BCUT2D eigenvalue weighted by molar-refractivity contribution is -0.121. The monoisotopic (exact) mass is 562 g/mol. The molecule has 1 aromatic heterocycles. The van der Waals surface area contributed by atoms with Crippen molar-refractivity contribution in [2.24, 2.45) is 0 Å². The molecule has 1 aliphatic rings. The Morgan fingerprint density at radius 2 is 1.38 bits per heavy atom. The lowest BCUT2D eigenvalue weighted by Crippen LogP contribution is -2.34. The largest absolute Gasteiger partial charge is 0.456 e. The number of rotatable bonds is 9. The van der Waals surface area contributed by atoms with E-state index in [-0.39, 0.29) is 47.4 Å². The van der Waals surface area contributed by atoms with Gasteiger partial charge in [-0.2, -0.15) is 0 Å². The maximum atomic E-state index is 12.9. The summed E-state index contributed by atoms with van der Waals surface area (Å²) >= 11 is 0. The van der Waals surface area contributed by atoms with Gasteiger partial charge in [0, 0.05) is 19.4 Å². The number of benzene rings is 3. The number of furan rings is 1. The van der Waals surface area contributed by atoms with E-state index >= 15 is 0 Å². The molecule has 0 saturated heterocycles. The van der Waals surface area contributed by atoms with Crippen LogP contribution in [0.25, 0.3) is 0 Å². The molecule has 2 N–H and O–H groups in total. The average molecular weight is 563 g/mol. The maximum Gasteiger partial charge on any atom is 0.287 e. The van der Waals surface area contributed by atoms with Gasteiger partial charge >= 0.3 is 0 Å². The zero-order valence-electron chi connectivity index (χ0n) is 25.4. The summed E-state index contributed by atoms with van der Waals surface area (Å²) in [7, 11) is 0. The predicted octanol–water partition coefficient (Wildman–Crippen LogP) is 7.55. The van der Waals surface area contributed by atoms with Crippen molar-refractivity contribution in [3.05, 3.63) is 130 Å². The summed E-state index contributed by atoms with van der Waals surface area (Å²) in [4.78, 5) is 25.7. The molecular formula is C37H42N2O3. The van der Waals surface area contributed by atoms with Gasteiger partial charge in [0.1, 0.15) is 5.76 Å². The Morgan fingerprint density at radius 3 is 1.98 bits per heavy atom. The van der Waals surface area contributed by atoms with Crippen molar-refractivity contribution < 1.29 is 14.0 Å². The summed E-state index contributed by atoms with van der Waals surface area (Å²) in [6.07, 6.45) is 3.14. The van der Waals surface area contributed by atoms with Crippen LogP contribution >= 0.6 is 0 Å². The van der Waals surface area contributed by atoms with Gasteiger partial charge in [-0.1, -0.05) is 100 Å². The highest BCUT2D eigenvalue weighted by Gasteiger charge is 2.37. The number of hydrogen-bond acceptors (Lipinski definition) is 3. The lowest BCUT2D eigenvalue weighted by Gasteiger charge is -2.42. The van der Waals surface area contributed by atoms with E-state index in [0.717, 1.165) is 23.3 Å². The minimum Gasteiger partial charge on any atom is -0.456 e. The summed E-state index contributed by atoms with van der Waals surface area (Å²) < 4.78 is 5.97. The van der Waals surface area contributed by atoms with E-state index in [1.807, 2.05) is 66.7 Å². The van der Waals surface area contributed by atoms with E-state index in [1.165, 1.54) is 28.7 Å². The van der Waals surface area contributed by atoms with Gasteiger partial charge in [-0.15, -0.1) is 0 Å². The first-order valence-corrected chi connectivity index (χ1v) is 14.9. The predicted molar refractivity (Wildman–Crippen MR) is 168 cm³/mol. The van der Waals surface area contributed by atoms with Gasteiger partial charge in [0.05, 0.1) is 6.04 Å². The fourth-order valence-corrected chi connectivity index (χ4v) is 6.00. The molecule has 0 saturated carbocycles. The summed E-state index contributed by atoms with van der Waals surface area (Å²) in [5.41, 5.74) is 7.66. The van der Waals surface area contributed by atoms with Crippen LogP contribution in [0.3, 0.4) is 0 Å². The Kier molecular flexibility index (Phi) is 8.40. The summed E-state index contributed by atoms with van der Waals surface area (Å²) in [6, 6.07) is 27.8. The first kappa shape index (κ1) is 29.4. The molecule has 0 unspecified atom stereocenters. The second-order valence-electron chi connectivity index (χ2n) is 12.9. The molecule has 218 valence electrons. The molecule has 1 aliphatic carbocycles. The van der Waals surface area contributed by atoms with Crippen LogP contribution in [0, 0.1) is 6.92 Å². The van der Waals surface area contributed by atoms with E-state index in [9.17, 15) is 9.59 Å². The summed E-state index contributed by atoms with van der Waals surface area (Å²) in [5.74, 6) is 0.556. The number of carbonyl (C=O) groups is 2. The normalized spacial score (nSPS) is 15.2. The summed E-state index contributed by atoms with van der Waals surface area (Å²) in [6.45, 7) is 11.7. The quantitative estimate of drug-likeness (QED) is 0.221. The molecule has 5 heteroatoms. The van der Waals surface area contributed by atoms with Crippen LogP contribution in [0.1, 0.15) is 103 Å². The zero-order valence-corrected chi connectivity index (χ0v) is 25.4. The van der Waals surface area contributed by atoms with Crippen molar-refractivity contribution in [2.75, 3.05) is 6.54 Å². The molecule has 4 aromatic rings. The molecule has 2 amide bonds. The molecule has 0 radical (unpaired) electrons. The van der Waals surface area contributed by atoms with E-state index in [4.69, 9.17) is 4.42 Å². The molecule has 5 rings (SSSR count). The molecular weight excluding hydrogens is 520 g/mol. The van der Waals surface area contributed by atoms with Crippen LogP contribution in [0.5, 0.6) is 0 Å². The Labute approximate surface area is 249 Å². The third-order valence-electron chi connectivity index (χ3n) is 8.77. The van der Waals surface area contributed by atoms with E-state index < -0.39 is 0 Å². The molecule has 3 aromatic carbocycles. The SMILES string of the molecule is Cc1cc2c(cc1Cc1ccc(C(=O)NCCC(=O)NC(c3ccccc3)c3ccccc3)o1)C(C)(C)CCC2(C)C. The number of amides is 2. The van der Waals surface area contributed by atoms with Crippen molar-refractivity contribution in [1.29, 1.82) is 0 Å². The van der Waals surface area contributed by atoms with Crippen molar-refractivity contribution in [3.63, 3.8) is 0 Å². The van der Waals surface area contributed by atoms with Gasteiger partial charge in [0.25, 0.3) is 5.91 Å². The third kappa shape index (κ3) is 6.51. The summed E-state index contributed by atoms with van der Waals surface area (Å²) in [5, 5.41) is 5.96. The second kappa shape index (κ2) is 12.0. The highest BCUT2D eigenvalue weighted by atomic mass is 16.3. The van der Waals surface area contributed by atoms with Gasteiger partial charge in [-0.05, 0) is 76.1 Å². The highest BCUT2D eigenvalue weighted by molar-refractivity contribution is 5.91. The Hall–Kier alpha value is -4.12. The number of fused-ring (bicyclic) bond motifs is 1. The molecule has 5 nitrogen and oxygen atoms in total. The molecule has 42 heavy (non-hydrogen) atoms. The topological polar surface area (TPSA) is 71.3 Å². The van der Waals surface area contributed by atoms with Crippen molar-refractivity contribution >= 4 is 11.8 Å². The molecule has 0 aliphatic heterocycles. The van der Waals surface area contributed by atoms with Gasteiger partial charge in [-0.25, -0.2) is 0 Å². The van der Waals surface area contributed by atoms with Crippen molar-refractivity contribution in [2.45, 2.75) is 77.2 Å². The van der Waals surface area contributed by atoms with E-state index in [1.54, 1.807) is 6.07 Å². The molecule has 0 bridgehead atoms. The minimum absolute atomic E-state index is 0.135. The first-order chi connectivity index (χ1) is 20.0.